The normalized spacial score (nSPS) is 15.7. The second-order valence-electron chi connectivity index (χ2n) is 8.03. The average molecular weight is 464 g/mol. The Labute approximate surface area is 196 Å². The lowest BCUT2D eigenvalue weighted by Crippen LogP contribution is -2.45. The molecule has 0 bridgehead atoms. The lowest BCUT2D eigenvalue weighted by Gasteiger charge is -2.31. The minimum absolute atomic E-state index is 0.0609. The summed E-state index contributed by atoms with van der Waals surface area (Å²) >= 11 is 0.954. The number of carbonyl (C=O) groups is 3. The highest BCUT2D eigenvalue weighted by Crippen LogP contribution is 2.21. The highest BCUT2D eigenvalue weighted by molar-refractivity contribution is 7.15. The van der Waals surface area contributed by atoms with Crippen LogP contribution in [0.4, 0.5) is 5.69 Å². The maximum absolute atomic E-state index is 12.9. The van der Waals surface area contributed by atoms with Gasteiger partial charge in [0.05, 0.1) is 5.92 Å². The summed E-state index contributed by atoms with van der Waals surface area (Å²) in [6.07, 6.45) is 1.46. The van der Waals surface area contributed by atoms with E-state index in [9.17, 15) is 14.4 Å². The Bertz CT molecular complexity index is 1150. The Morgan fingerprint density at radius 1 is 1.06 bits per heavy atom. The molecule has 0 unspecified atom stereocenters. The van der Waals surface area contributed by atoms with Gasteiger partial charge in [0.2, 0.25) is 15.9 Å². The summed E-state index contributed by atoms with van der Waals surface area (Å²) in [7, 11) is 0. The molecule has 0 spiro atoms. The standard InChI is InChI=1S/C24H25N5O3S/c1-16-7-5-8-17(13-16)14-25-20(30)18-9-6-12-29(15-18)24(32)23-28-27-22(33-23)21(31)26-19-10-3-2-4-11-19/h2-5,7-8,10-11,13,18H,6,9,12,14-15H2,1H3,(H,25,30)(H,26,31)/t18-/m1/s1. The Hall–Kier alpha value is -3.59. The van der Waals surface area contributed by atoms with E-state index in [0.29, 0.717) is 25.3 Å². The number of aromatic nitrogens is 2. The van der Waals surface area contributed by atoms with Crippen LogP contribution in [0.25, 0.3) is 0 Å². The molecule has 1 aliphatic heterocycles. The summed E-state index contributed by atoms with van der Waals surface area (Å²) in [5.74, 6) is -1.05. The Morgan fingerprint density at radius 3 is 2.64 bits per heavy atom. The molecule has 170 valence electrons. The minimum Gasteiger partial charge on any atom is -0.352 e. The van der Waals surface area contributed by atoms with Gasteiger partial charge < -0.3 is 15.5 Å². The van der Waals surface area contributed by atoms with Crippen molar-refractivity contribution in [2.24, 2.45) is 5.92 Å². The molecule has 33 heavy (non-hydrogen) atoms. The van der Waals surface area contributed by atoms with Gasteiger partial charge in [-0.3, -0.25) is 14.4 Å². The number of hydrogen-bond donors (Lipinski definition) is 2. The second-order valence-corrected chi connectivity index (χ2v) is 9.01. The summed E-state index contributed by atoms with van der Waals surface area (Å²) in [5.41, 5.74) is 2.83. The summed E-state index contributed by atoms with van der Waals surface area (Å²) < 4.78 is 0. The van der Waals surface area contributed by atoms with Gasteiger partial charge in [0.15, 0.2) is 0 Å². The van der Waals surface area contributed by atoms with Crippen molar-refractivity contribution in [1.82, 2.24) is 20.4 Å². The van der Waals surface area contributed by atoms with E-state index in [2.05, 4.69) is 20.8 Å². The van der Waals surface area contributed by atoms with Crippen LogP contribution >= 0.6 is 11.3 Å². The predicted octanol–water partition coefficient (Wildman–Crippen LogP) is 3.27. The number of aryl methyl sites for hydroxylation is 1. The average Bonchev–Trinajstić information content (AvgIpc) is 3.33. The van der Waals surface area contributed by atoms with Crippen molar-refractivity contribution in [1.29, 1.82) is 0 Å². The number of nitrogens with zero attached hydrogens (tertiary/aromatic N) is 3. The lowest BCUT2D eigenvalue weighted by molar-refractivity contribution is -0.126. The van der Waals surface area contributed by atoms with Crippen LogP contribution in [-0.2, 0) is 11.3 Å². The Balaban J connectivity index is 1.33. The summed E-state index contributed by atoms with van der Waals surface area (Å²) in [4.78, 5) is 39.7. The van der Waals surface area contributed by atoms with E-state index in [1.807, 2.05) is 49.4 Å². The summed E-state index contributed by atoms with van der Waals surface area (Å²) in [5, 5.41) is 13.8. The van der Waals surface area contributed by atoms with Crippen LogP contribution in [0.3, 0.4) is 0 Å². The number of para-hydroxylation sites is 1. The number of piperidine rings is 1. The number of rotatable bonds is 6. The van der Waals surface area contributed by atoms with E-state index in [1.54, 1.807) is 17.0 Å². The zero-order chi connectivity index (χ0) is 23.2. The van der Waals surface area contributed by atoms with Gasteiger partial charge in [0.1, 0.15) is 0 Å². The van der Waals surface area contributed by atoms with Crippen molar-refractivity contribution in [3.05, 3.63) is 75.7 Å². The molecule has 0 saturated carbocycles. The number of anilines is 1. The monoisotopic (exact) mass is 463 g/mol. The van der Waals surface area contributed by atoms with Gasteiger partial charge in [0.25, 0.3) is 11.8 Å². The van der Waals surface area contributed by atoms with Crippen molar-refractivity contribution >= 4 is 34.7 Å². The number of likely N-dealkylation sites (tertiary alicyclic amines) is 1. The first-order chi connectivity index (χ1) is 16.0. The summed E-state index contributed by atoms with van der Waals surface area (Å²) in [6.45, 7) is 3.34. The smallest absolute Gasteiger partial charge is 0.286 e. The van der Waals surface area contributed by atoms with E-state index in [-0.39, 0.29) is 27.7 Å². The first-order valence-corrected chi connectivity index (χ1v) is 11.6. The molecule has 2 N–H and O–H groups in total. The molecule has 1 aliphatic rings. The van der Waals surface area contributed by atoms with Gasteiger partial charge in [-0.05, 0) is 37.5 Å². The third-order valence-corrected chi connectivity index (χ3v) is 6.37. The molecule has 9 heteroatoms. The Morgan fingerprint density at radius 2 is 1.85 bits per heavy atom. The first kappa shape index (κ1) is 22.6. The molecular formula is C24H25N5O3S. The highest BCUT2D eigenvalue weighted by atomic mass is 32.1. The molecule has 3 aromatic rings. The Kier molecular flexibility index (Phi) is 7.09. The van der Waals surface area contributed by atoms with Crippen molar-refractivity contribution < 1.29 is 14.4 Å². The molecular weight excluding hydrogens is 438 g/mol. The fourth-order valence-electron chi connectivity index (χ4n) is 3.77. The second kappa shape index (κ2) is 10.4. The summed E-state index contributed by atoms with van der Waals surface area (Å²) in [6, 6.07) is 17.0. The van der Waals surface area contributed by atoms with Crippen molar-refractivity contribution in [2.45, 2.75) is 26.3 Å². The van der Waals surface area contributed by atoms with Gasteiger partial charge in [-0.1, -0.05) is 59.4 Å². The zero-order valence-corrected chi connectivity index (χ0v) is 19.1. The third-order valence-electron chi connectivity index (χ3n) is 5.46. The van der Waals surface area contributed by atoms with Crippen LogP contribution in [0.5, 0.6) is 0 Å². The molecule has 2 heterocycles. The van der Waals surface area contributed by atoms with Crippen LogP contribution < -0.4 is 10.6 Å². The zero-order valence-electron chi connectivity index (χ0n) is 18.3. The molecule has 8 nitrogen and oxygen atoms in total. The van der Waals surface area contributed by atoms with Gasteiger partial charge in [-0.15, -0.1) is 10.2 Å². The molecule has 4 rings (SSSR count). The van der Waals surface area contributed by atoms with Crippen LogP contribution in [0.15, 0.2) is 54.6 Å². The van der Waals surface area contributed by atoms with Crippen molar-refractivity contribution in [2.75, 3.05) is 18.4 Å². The maximum atomic E-state index is 12.9. The maximum Gasteiger partial charge on any atom is 0.286 e. The van der Waals surface area contributed by atoms with E-state index in [4.69, 9.17) is 0 Å². The lowest BCUT2D eigenvalue weighted by atomic mass is 9.97. The fourth-order valence-corrected chi connectivity index (χ4v) is 4.48. The van der Waals surface area contributed by atoms with Gasteiger partial charge >= 0.3 is 0 Å². The van der Waals surface area contributed by atoms with E-state index in [1.165, 1.54) is 0 Å². The van der Waals surface area contributed by atoms with Crippen molar-refractivity contribution in [3.8, 4) is 0 Å². The third kappa shape index (κ3) is 5.81. The SMILES string of the molecule is Cc1cccc(CNC(=O)[C@@H]2CCCN(C(=O)c3nnc(C(=O)Nc4ccccc4)s3)C2)c1. The largest absolute Gasteiger partial charge is 0.352 e. The van der Waals surface area contributed by atoms with Crippen molar-refractivity contribution in [3.63, 3.8) is 0 Å². The van der Waals surface area contributed by atoms with E-state index < -0.39 is 5.91 Å². The minimum atomic E-state index is -0.412. The van der Waals surface area contributed by atoms with E-state index in [0.717, 1.165) is 35.3 Å². The van der Waals surface area contributed by atoms with Gasteiger partial charge in [-0.25, -0.2) is 0 Å². The first-order valence-electron chi connectivity index (χ1n) is 10.8. The van der Waals surface area contributed by atoms with Crippen LogP contribution in [0.1, 0.15) is 43.6 Å². The topological polar surface area (TPSA) is 104 Å². The van der Waals surface area contributed by atoms with E-state index >= 15 is 0 Å². The number of nitrogens with one attached hydrogen (secondary N) is 2. The van der Waals surface area contributed by atoms with Crippen LogP contribution in [0, 0.1) is 12.8 Å². The molecule has 3 amide bonds. The number of hydrogen-bond acceptors (Lipinski definition) is 6. The van der Waals surface area contributed by atoms with Crippen LogP contribution in [0.2, 0.25) is 0 Å². The molecule has 2 aromatic carbocycles. The van der Waals surface area contributed by atoms with Crippen LogP contribution in [-0.4, -0.2) is 45.9 Å². The molecule has 1 aromatic heterocycles. The number of amides is 3. The number of carbonyl (C=O) groups excluding carboxylic acids is 3. The fraction of sp³-hybridized carbons (Fsp3) is 0.292. The molecule has 0 radical (unpaired) electrons. The van der Waals surface area contributed by atoms with Gasteiger partial charge in [-0.2, -0.15) is 0 Å². The molecule has 1 fully saturated rings. The molecule has 0 aliphatic carbocycles. The molecule has 1 saturated heterocycles. The highest BCUT2D eigenvalue weighted by Gasteiger charge is 2.30. The quantitative estimate of drug-likeness (QED) is 0.584. The predicted molar refractivity (Wildman–Crippen MR) is 126 cm³/mol. The molecule has 1 atom stereocenters. The van der Waals surface area contributed by atoms with Gasteiger partial charge in [0, 0.05) is 25.3 Å². The number of benzene rings is 2.